The van der Waals surface area contributed by atoms with Crippen molar-refractivity contribution < 1.29 is 0 Å². The lowest BCUT2D eigenvalue weighted by Gasteiger charge is -2.13. The van der Waals surface area contributed by atoms with E-state index in [9.17, 15) is 0 Å². The first-order valence-electron chi connectivity index (χ1n) is 5.75. The van der Waals surface area contributed by atoms with E-state index in [0.717, 1.165) is 0 Å². The molecule has 0 bridgehead atoms. The Labute approximate surface area is 101 Å². The largest absolute Gasteiger partial charge is 0.378 e. The van der Waals surface area contributed by atoms with Gasteiger partial charge in [0.2, 0.25) is 0 Å². The van der Waals surface area contributed by atoms with E-state index in [1.807, 2.05) is 6.07 Å². The maximum atomic E-state index is 3.35. The van der Waals surface area contributed by atoms with Crippen molar-refractivity contribution in [1.29, 1.82) is 0 Å². The lowest BCUT2D eigenvalue weighted by atomic mass is 10.0. The zero-order valence-corrected chi connectivity index (χ0v) is 10.1. The minimum Gasteiger partial charge on any atom is -0.378 e. The fraction of sp³-hybridized carbons (Fsp3) is 0.125. The highest BCUT2D eigenvalue weighted by Crippen LogP contribution is 2.25. The average molecular weight is 220 g/mol. The van der Waals surface area contributed by atoms with Gasteiger partial charge in [0.05, 0.1) is 0 Å². The molecule has 0 spiro atoms. The van der Waals surface area contributed by atoms with Gasteiger partial charge in [-0.2, -0.15) is 0 Å². The molecule has 0 unspecified atom stereocenters. The predicted octanol–water partition coefficient (Wildman–Crippen LogP) is 3.86. The van der Waals surface area contributed by atoms with E-state index in [0.29, 0.717) is 0 Å². The molecule has 0 N–H and O–H groups in total. The van der Waals surface area contributed by atoms with Crippen LogP contribution in [0.25, 0.3) is 21.5 Å². The molecule has 0 saturated heterocycles. The quantitative estimate of drug-likeness (QED) is 0.563. The summed E-state index contributed by atoms with van der Waals surface area (Å²) in [6.45, 7) is 0. The number of hydrogen-bond acceptors (Lipinski definition) is 1. The van der Waals surface area contributed by atoms with E-state index in [-0.39, 0.29) is 0 Å². The van der Waals surface area contributed by atoms with Crippen LogP contribution < -0.4 is 4.90 Å². The van der Waals surface area contributed by atoms with Crippen molar-refractivity contribution in [2.24, 2.45) is 0 Å². The topological polar surface area (TPSA) is 3.24 Å². The van der Waals surface area contributed by atoms with Crippen LogP contribution in [-0.4, -0.2) is 14.1 Å². The Kier molecular flexibility index (Phi) is 2.25. The summed E-state index contributed by atoms with van der Waals surface area (Å²) in [4.78, 5) is 2.10. The molecule has 83 valence electrons. The molecule has 3 rings (SSSR count). The van der Waals surface area contributed by atoms with Gasteiger partial charge < -0.3 is 4.90 Å². The molecule has 0 aliphatic heterocycles. The Bertz CT molecular complexity index is 683. The smallest absolute Gasteiger partial charge is 0.0373 e. The van der Waals surface area contributed by atoms with E-state index < -0.39 is 0 Å². The minimum atomic E-state index is 1.18. The fourth-order valence-corrected chi connectivity index (χ4v) is 2.11. The van der Waals surface area contributed by atoms with E-state index in [1.54, 1.807) is 0 Å². The minimum absolute atomic E-state index is 1.18. The van der Waals surface area contributed by atoms with Gasteiger partial charge in [-0.3, -0.25) is 0 Å². The second kappa shape index (κ2) is 3.77. The van der Waals surface area contributed by atoms with Crippen LogP contribution in [0.4, 0.5) is 5.69 Å². The number of rotatable bonds is 1. The summed E-state index contributed by atoms with van der Waals surface area (Å²) in [5.74, 6) is 0. The van der Waals surface area contributed by atoms with Crippen LogP contribution in [-0.2, 0) is 0 Å². The van der Waals surface area contributed by atoms with Crippen molar-refractivity contribution in [1.82, 2.24) is 0 Å². The van der Waals surface area contributed by atoms with Crippen LogP contribution in [0.15, 0.2) is 48.5 Å². The highest BCUT2D eigenvalue weighted by molar-refractivity contribution is 5.99. The van der Waals surface area contributed by atoms with Gasteiger partial charge in [0.1, 0.15) is 0 Å². The van der Waals surface area contributed by atoms with Crippen molar-refractivity contribution in [3.8, 4) is 0 Å². The Hall–Kier alpha value is -2.02. The number of hydrogen-bond donors (Lipinski definition) is 0. The van der Waals surface area contributed by atoms with Crippen molar-refractivity contribution >= 4 is 27.2 Å². The molecular formula is C16H14N. The predicted molar refractivity (Wildman–Crippen MR) is 74.6 cm³/mol. The van der Waals surface area contributed by atoms with Crippen LogP contribution >= 0.6 is 0 Å². The van der Waals surface area contributed by atoms with Crippen molar-refractivity contribution in [3.63, 3.8) is 0 Å². The first kappa shape index (κ1) is 10.2. The second-order valence-corrected chi connectivity index (χ2v) is 4.54. The highest BCUT2D eigenvalue weighted by Gasteiger charge is 2.00. The summed E-state index contributed by atoms with van der Waals surface area (Å²) in [5.41, 5.74) is 1.19. The summed E-state index contributed by atoms with van der Waals surface area (Å²) in [7, 11) is 4.10. The molecule has 0 amide bonds. The number of anilines is 1. The monoisotopic (exact) mass is 220 g/mol. The Morgan fingerprint density at radius 2 is 1.59 bits per heavy atom. The van der Waals surface area contributed by atoms with Crippen LogP contribution in [0.1, 0.15) is 0 Å². The molecule has 0 aromatic heterocycles. The highest BCUT2D eigenvalue weighted by atomic mass is 15.1. The van der Waals surface area contributed by atoms with Gasteiger partial charge in [-0.25, -0.2) is 0 Å². The normalized spacial score (nSPS) is 10.9. The molecule has 1 heteroatoms. The van der Waals surface area contributed by atoms with Crippen LogP contribution in [0.5, 0.6) is 0 Å². The molecule has 0 aliphatic carbocycles. The molecule has 0 atom stereocenters. The molecule has 3 aromatic carbocycles. The van der Waals surface area contributed by atoms with Gasteiger partial charge in [-0.1, -0.05) is 24.3 Å². The van der Waals surface area contributed by atoms with Crippen LogP contribution in [0.2, 0.25) is 0 Å². The van der Waals surface area contributed by atoms with Gasteiger partial charge in [-0.15, -0.1) is 0 Å². The van der Waals surface area contributed by atoms with Crippen molar-refractivity contribution in [2.75, 3.05) is 19.0 Å². The maximum absolute atomic E-state index is 3.35. The van der Waals surface area contributed by atoms with E-state index in [4.69, 9.17) is 0 Å². The molecule has 1 nitrogen and oxygen atoms in total. The van der Waals surface area contributed by atoms with Gasteiger partial charge in [0.15, 0.2) is 0 Å². The number of benzene rings is 3. The third-order valence-electron chi connectivity index (χ3n) is 3.11. The standard InChI is InChI=1S/C16H14N/c1-17(2)16-8-7-14-9-12-5-3-4-6-13(12)10-15(14)11-16/h3-6,8-11H,1-2H3. The van der Waals surface area contributed by atoms with Gasteiger partial charge >= 0.3 is 0 Å². The molecule has 0 fully saturated rings. The SMILES string of the molecule is CN(C)c1c[c]c2cc3ccccc3cc2c1. The first-order chi connectivity index (χ1) is 8.24. The van der Waals surface area contributed by atoms with Gasteiger partial charge in [-0.05, 0) is 51.9 Å². The van der Waals surface area contributed by atoms with Crippen LogP contribution in [0, 0.1) is 6.07 Å². The van der Waals surface area contributed by atoms with Gasteiger partial charge in [0, 0.05) is 19.8 Å². The summed E-state index contributed by atoms with van der Waals surface area (Å²) in [6.07, 6.45) is 0. The third-order valence-corrected chi connectivity index (χ3v) is 3.11. The maximum Gasteiger partial charge on any atom is 0.0373 e. The summed E-state index contributed by atoms with van der Waals surface area (Å²) in [6, 6.07) is 20.5. The summed E-state index contributed by atoms with van der Waals surface area (Å²) in [5, 5.41) is 4.97. The van der Waals surface area contributed by atoms with Crippen molar-refractivity contribution in [2.45, 2.75) is 0 Å². The molecule has 1 radical (unpaired) electrons. The zero-order valence-electron chi connectivity index (χ0n) is 10.1. The second-order valence-electron chi connectivity index (χ2n) is 4.54. The van der Waals surface area contributed by atoms with E-state index in [2.05, 4.69) is 67.5 Å². The molecule has 3 aromatic rings. The van der Waals surface area contributed by atoms with Crippen molar-refractivity contribution in [3.05, 3.63) is 54.6 Å². The van der Waals surface area contributed by atoms with E-state index in [1.165, 1.54) is 27.2 Å². The third kappa shape index (κ3) is 1.74. The number of nitrogens with zero attached hydrogens (tertiary/aromatic N) is 1. The Balaban J connectivity index is 2.32. The molecule has 17 heavy (non-hydrogen) atoms. The van der Waals surface area contributed by atoms with Crippen LogP contribution in [0.3, 0.4) is 0 Å². The summed E-state index contributed by atoms with van der Waals surface area (Å²) >= 11 is 0. The lowest BCUT2D eigenvalue weighted by molar-refractivity contribution is 1.13. The lowest BCUT2D eigenvalue weighted by Crippen LogP contribution is -2.08. The molecule has 0 heterocycles. The molecule has 0 saturated carbocycles. The zero-order chi connectivity index (χ0) is 11.8. The Morgan fingerprint density at radius 3 is 2.29 bits per heavy atom. The summed E-state index contributed by atoms with van der Waals surface area (Å²) < 4.78 is 0. The average Bonchev–Trinajstić information content (AvgIpc) is 2.35. The molecule has 0 aliphatic rings. The van der Waals surface area contributed by atoms with Gasteiger partial charge in [0.25, 0.3) is 0 Å². The number of fused-ring (bicyclic) bond motifs is 2. The fourth-order valence-electron chi connectivity index (χ4n) is 2.11. The first-order valence-corrected chi connectivity index (χ1v) is 5.75. The Morgan fingerprint density at radius 1 is 0.882 bits per heavy atom. The molecular weight excluding hydrogens is 206 g/mol. The van der Waals surface area contributed by atoms with E-state index >= 15 is 0 Å².